The molecule has 22 heavy (non-hydrogen) atoms. The topological polar surface area (TPSA) is 42.1 Å². The summed E-state index contributed by atoms with van der Waals surface area (Å²) in [4.78, 5) is 15.3. The Labute approximate surface area is 129 Å². The SMILES string of the molecule is Cc1cccc(C)c1OC(=O)CCc1c[nH]c2ccccc12. The van der Waals surface area contributed by atoms with Crippen molar-refractivity contribution in [3.63, 3.8) is 0 Å². The van der Waals surface area contributed by atoms with Crippen LogP contribution in [0.3, 0.4) is 0 Å². The molecule has 0 bridgehead atoms. The Morgan fingerprint density at radius 2 is 1.77 bits per heavy atom. The van der Waals surface area contributed by atoms with Gasteiger partial charge in [0.2, 0.25) is 0 Å². The van der Waals surface area contributed by atoms with E-state index < -0.39 is 0 Å². The molecule has 0 saturated heterocycles. The minimum Gasteiger partial charge on any atom is -0.426 e. The summed E-state index contributed by atoms with van der Waals surface area (Å²) in [5.74, 6) is 0.495. The van der Waals surface area contributed by atoms with Gasteiger partial charge in [0.05, 0.1) is 6.42 Å². The number of aryl methyl sites for hydroxylation is 3. The second kappa shape index (κ2) is 6.06. The third kappa shape index (κ3) is 2.89. The minimum atomic E-state index is -0.192. The summed E-state index contributed by atoms with van der Waals surface area (Å²) in [5.41, 5.74) is 4.22. The number of carbonyl (C=O) groups excluding carboxylic acids is 1. The van der Waals surface area contributed by atoms with E-state index in [9.17, 15) is 4.79 Å². The molecular formula is C19H19NO2. The van der Waals surface area contributed by atoms with Gasteiger partial charge in [0.25, 0.3) is 0 Å². The zero-order valence-corrected chi connectivity index (χ0v) is 12.8. The van der Waals surface area contributed by atoms with E-state index in [0.717, 1.165) is 22.2 Å². The van der Waals surface area contributed by atoms with Gasteiger partial charge in [0.15, 0.2) is 0 Å². The first-order chi connectivity index (χ1) is 10.6. The van der Waals surface area contributed by atoms with Gasteiger partial charge in [-0.05, 0) is 43.0 Å². The number of H-pyrrole nitrogens is 1. The average Bonchev–Trinajstić information content (AvgIpc) is 2.92. The van der Waals surface area contributed by atoms with Gasteiger partial charge in [0.1, 0.15) is 5.75 Å². The fraction of sp³-hybridized carbons (Fsp3) is 0.211. The molecule has 0 saturated carbocycles. The lowest BCUT2D eigenvalue weighted by Gasteiger charge is -2.10. The van der Waals surface area contributed by atoms with E-state index in [4.69, 9.17) is 4.74 Å². The zero-order chi connectivity index (χ0) is 15.5. The lowest BCUT2D eigenvalue weighted by atomic mass is 10.1. The van der Waals surface area contributed by atoms with Crippen molar-refractivity contribution in [3.8, 4) is 5.75 Å². The number of hydrogen-bond acceptors (Lipinski definition) is 2. The molecule has 0 aliphatic carbocycles. The summed E-state index contributed by atoms with van der Waals surface area (Å²) in [6.45, 7) is 3.91. The summed E-state index contributed by atoms with van der Waals surface area (Å²) in [6.07, 6.45) is 3.01. The van der Waals surface area contributed by atoms with Crippen molar-refractivity contribution in [2.24, 2.45) is 0 Å². The van der Waals surface area contributed by atoms with Gasteiger partial charge >= 0.3 is 5.97 Å². The molecule has 0 atom stereocenters. The third-order valence-electron chi connectivity index (χ3n) is 3.90. The number of fused-ring (bicyclic) bond motifs is 1. The number of para-hydroxylation sites is 2. The van der Waals surface area contributed by atoms with Crippen molar-refractivity contribution in [1.29, 1.82) is 0 Å². The highest BCUT2D eigenvalue weighted by molar-refractivity contribution is 5.83. The Morgan fingerprint density at radius 3 is 2.55 bits per heavy atom. The first kappa shape index (κ1) is 14.4. The lowest BCUT2D eigenvalue weighted by Crippen LogP contribution is -2.10. The van der Waals surface area contributed by atoms with Crippen LogP contribution in [0.15, 0.2) is 48.7 Å². The van der Waals surface area contributed by atoms with Crippen molar-refractivity contribution in [1.82, 2.24) is 4.98 Å². The van der Waals surface area contributed by atoms with E-state index in [1.165, 1.54) is 5.39 Å². The summed E-state index contributed by atoms with van der Waals surface area (Å²) in [6, 6.07) is 14.0. The standard InChI is InChI=1S/C19H19NO2/c1-13-6-5-7-14(2)19(13)22-18(21)11-10-15-12-20-17-9-4-3-8-16(15)17/h3-9,12,20H,10-11H2,1-2H3. The Morgan fingerprint density at radius 1 is 1.05 bits per heavy atom. The fourth-order valence-corrected chi connectivity index (χ4v) is 2.70. The number of benzene rings is 2. The van der Waals surface area contributed by atoms with E-state index in [-0.39, 0.29) is 5.97 Å². The van der Waals surface area contributed by atoms with E-state index in [2.05, 4.69) is 11.1 Å². The number of aromatic amines is 1. The molecule has 3 rings (SSSR count). The first-order valence-electron chi connectivity index (χ1n) is 7.47. The minimum absolute atomic E-state index is 0.192. The van der Waals surface area contributed by atoms with Gasteiger partial charge in [-0.2, -0.15) is 0 Å². The number of esters is 1. The molecule has 1 heterocycles. The van der Waals surface area contributed by atoms with E-state index >= 15 is 0 Å². The summed E-state index contributed by atoms with van der Waals surface area (Å²) < 4.78 is 5.54. The summed E-state index contributed by atoms with van der Waals surface area (Å²) in [5, 5.41) is 1.17. The molecule has 3 heteroatoms. The molecule has 0 spiro atoms. The molecule has 2 aromatic carbocycles. The molecule has 1 N–H and O–H groups in total. The van der Waals surface area contributed by atoms with Crippen LogP contribution in [0.2, 0.25) is 0 Å². The van der Waals surface area contributed by atoms with Crippen LogP contribution in [-0.4, -0.2) is 11.0 Å². The highest BCUT2D eigenvalue weighted by atomic mass is 16.5. The molecule has 112 valence electrons. The lowest BCUT2D eigenvalue weighted by molar-refractivity contribution is -0.134. The highest BCUT2D eigenvalue weighted by Crippen LogP contribution is 2.23. The normalized spacial score (nSPS) is 10.8. The maximum absolute atomic E-state index is 12.1. The fourth-order valence-electron chi connectivity index (χ4n) is 2.70. The Balaban J connectivity index is 1.68. The molecule has 3 nitrogen and oxygen atoms in total. The zero-order valence-electron chi connectivity index (χ0n) is 12.8. The summed E-state index contributed by atoms with van der Waals surface area (Å²) in [7, 11) is 0. The van der Waals surface area contributed by atoms with Gasteiger partial charge in [0, 0.05) is 17.1 Å². The molecule has 0 aliphatic rings. The maximum Gasteiger partial charge on any atom is 0.311 e. The molecule has 3 aromatic rings. The molecule has 0 fully saturated rings. The van der Waals surface area contributed by atoms with Crippen LogP contribution in [-0.2, 0) is 11.2 Å². The van der Waals surface area contributed by atoms with Crippen LogP contribution in [0.4, 0.5) is 0 Å². The van der Waals surface area contributed by atoms with E-state index in [1.54, 1.807) is 0 Å². The van der Waals surface area contributed by atoms with Gasteiger partial charge in [-0.3, -0.25) is 4.79 Å². The molecule has 1 aromatic heterocycles. The molecule has 0 aliphatic heterocycles. The predicted octanol–water partition coefficient (Wildman–Crippen LogP) is 4.32. The van der Waals surface area contributed by atoms with Gasteiger partial charge in [-0.25, -0.2) is 0 Å². The van der Waals surface area contributed by atoms with Crippen LogP contribution in [0, 0.1) is 13.8 Å². The largest absolute Gasteiger partial charge is 0.426 e. The average molecular weight is 293 g/mol. The summed E-state index contributed by atoms with van der Waals surface area (Å²) >= 11 is 0. The Hall–Kier alpha value is -2.55. The number of aromatic nitrogens is 1. The number of ether oxygens (including phenoxy) is 1. The smallest absolute Gasteiger partial charge is 0.311 e. The quantitative estimate of drug-likeness (QED) is 0.575. The van der Waals surface area contributed by atoms with Crippen molar-refractivity contribution in [2.75, 3.05) is 0 Å². The van der Waals surface area contributed by atoms with Crippen LogP contribution in [0.1, 0.15) is 23.1 Å². The predicted molar refractivity (Wildman–Crippen MR) is 88.2 cm³/mol. The monoisotopic (exact) mass is 293 g/mol. The first-order valence-corrected chi connectivity index (χ1v) is 7.47. The number of carbonyl (C=O) groups is 1. The maximum atomic E-state index is 12.1. The number of hydrogen-bond donors (Lipinski definition) is 1. The van der Waals surface area contributed by atoms with Crippen molar-refractivity contribution >= 4 is 16.9 Å². The van der Waals surface area contributed by atoms with Gasteiger partial charge < -0.3 is 9.72 Å². The van der Waals surface area contributed by atoms with E-state index in [0.29, 0.717) is 18.6 Å². The van der Waals surface area contributed by atoms with Crippen molar-refractivity contribution in [2.45, 2.75) is 26.7 Å². The number of nitrogens with one attached hydrogen (secondary N) is 1. The Bertz CT molecular complexity index is 797. The molecular weight excluding hydrogens is 274 g/mol. The van der Waals surface area contributed by atoms with Crippen LogP contribution >= 0.6 is 0 Å². The second-order valence-corrected chi connectivity index (χ2v) is 5.55. The van der Waals surface area contributed by atoms with Crippen LogP contribution in [0.5, 0.6) is 5.75 Å². The third-order valence-corrected chi connectivity index (χ3v) is 3.90. The van der Waals surface area contributed by atoms with Crippen LogP contribution < -0.4 is 4.74 Å². The number of rotatable bonds is 4. The van der Waals surface area contributed by atoms with Crippen molar-refractivity contribution in [3.05, 3.63) is 65.4 Å². The molecule has 0 unspecified atom stereocenters. The van der Waals surface area contributed by atoms with E-state index in [1.807, 2.05) is 56.4 Å². The van der Waals surface area contributed by atoms with Gasteiger partial charge in [-0.1, -0.05) is 36.4 Å². The highest BCUT2D eigenvalue weighted by Gasteiger charge is 2.11. The van der Waals surface area contributed by atoms with Crippen LogP contribution in [0.25, 0.3) is 10.9 Å². The second-order valence-electron chi connectivity index (χ2n) is 5.55. The molecule has 0 amide bonds. The Kier molecular flexibility index (Phi) is 3.96. The van der Waals surface area contributed by atoms with Gasteiger partial charge in [-0.15, -0.1) is 0 Å². The molecule has 0 radical (unpaired) electrons. The van der Waals surface area contributed by atoms with Crippen molar-refractivity contribution < 1.29 is 9.53 Å².